The van der Waals surface area contributed by atoms with Gasteiger partial charge in [0.05, 0.1) is 21.8 Å². The lowest BCUT2D eigenvalue weighted by molar-refractivity contribution is 0.428. The quantitative estimate of drug-likeness (QED) is 0.540. The zero-order valence-corrected chi connectivity index (χ0v) is 15.7. The molecule has 4 rings (SSSR count). The van der Waals surface area contributed by atoms with Crippen LogP contribution in [0.15, 0.2) is 54.0 Å². The summed E-state index contributed by atoms with van der Waals surface area (Å²) in [6.07, 6.45) is 0. The first kappa shape index (κ1) is 17.2. The minimum atomic E-state index is -0.325. The molecule has 0 saturated heterocycles. The maximum Gasteiger partial charge on any atom is 0.320 e. The van der Waals surface area contributed by atoms with Gasteiger partial charge in [-0.15, -0.1) is 11.3 Å². The van der Waals surface area contributed by atoms with Crippen LogP contribution in [0.4, 0.5) is 17.6 Å². The lowest BCUT2D eigenvalue weighted by Crippen LogP contribution is -2.24. The molecule has 8 heteroatoms. The summed E-state index contributed by atoms with van der Waals surface area (Å²) in [5.74, 6) is 0.675. The fraction of sp³-hybridized carbons (Fsp3) is 0.158. The number of anilines is 3. The van der Waals surface area contributed by atoms with E-state index in [1.807, 2.05) is 60.5 Å². The molecule has 0 amide bonds. The van der Waals surface area contributed by atoms with Gasteiger partial charge in [-0.3, -0.25) is 0 Å². The summed E-state index contributed by atoms with van der Waals surface area (Å²) in [6, 6.07) is 15.6. The Morgan fingerprint density at radius 1 is 1.07 bits per heavy atom. The number of nitrogens with zero attached hydrogens (tertiary/aromatic N) is 5. The highest BCUT2D eigenvalue weighted by molar-refractivity contribution is 7.16. The van der Waals surface area contributed by atoms with Crippen LogP contribution < -0.4 is 10.2 Å². The van der Waals surface area contributed by atoms with Crippen molar-refractivity contribution in [2.75, 3.05) is 17.3 Å². The van der Waals surface area contributed by atoms with Gasteiger partial charge in [0, 0.05) is 12.7 Å². The molecule has 1 atom stereocenters. The number of hydrogen-bond donors (Lipinski definition) is 2. The largest absolute Gasteiger partial charge is 0.479 e. The van der Waals surface area contributed by atoms with Crippen LogP contribution in [0, 0.1) is 0 Å². The van der Waals surface area contributed by atoms with E-state index in [0.29, 0.717) is 5.95 Å². The summed E-state index contributed by atoms with van der Waals surface area (Å²) in [4.78, 5) is 18.7. The van der Waals surface area contributed by atoms with Gasteiger partial charge in [-0.05, 0) is 30.7 Å². The van der Waals surface area contributed by atoms with Crippen LogP contribution in [0.1, 0.15) is 18.5 Å². The van der Waals surface area contributed by atoms with E-state index in [1.54, 1.807) is 16.8 Å². The molecule has 136 valence electrons. The Balaban J connectivity index is 1.60. The van der Waals surface area contributed by atoms with Gasteiger partial charge in [-0.2, -0.15) is 15.0 Å². The summed E-state index contributed by atoms with van der Waals surface area (Å²) in [7, 11) is 1.89. The third kappa shape index (κ3) is 3.65. The molecule has 27 heavy (non-hydrogen) atoms. The Bertz CT molecular complexity index is 1070. The predicted molar refractivity (Wildman–Crippen MR) is 108 cm³/mol. The molecule has 0 radical (unpaired) electrons. The number of fused-ring (bicyclic) bond motifs is 1. The van der Waals surface area contributed by atoms with Crippen molar-refractivity contribution in [2.24, 2.45) is 0 Å². The molecule has 2 aromatic carbocycles. The molecule has 4 aromatic rings. The maximum atomic E-state index is 9.98. The van der Waals surface area contributed by atoms with Crippen LogP contribution in [-0.2, 0) is 0 Å². The van der Waals surface area contributed by atoms with Gasteiger partial charge in [-0.1, -0.05) is 30.3 Å². The summed E-state index contributed by atoms with van der Waals surface area (Å²) in [5, 5.41) is 13.1. The second-order valence-electron chi connectivity index (χ2n) is 6.12. The van der Waals surface area contributed by atoms with E-state index in [9.17, 15) is 5.11 Å². The molecule has 0 spiro atoms. The highest BCUT2D eigenvalue weighted by Crippen LogP contribution is 2.26. The van der Waals surface area contributed by atoms with Gasteiger partial charge < -0.3 is 15.3 Å². The molecule has 0 bridgehead atoms. The summed E-state index contributed by atoms with van der Waals surface area (Å²) in [6.45, 7) is 2.06. The van der Waals surface area contributed by atoms with Crippen molar-refractivity contribution in [3.05, 3.63) is 59.6 Å². The van der Waals surface area contributed by atoms with Crippen LogP contribution in [0.2, 0.25) is 0 Å². The number of aromatic hydroxyl groups is 1. The Hall–Kier alpha value is -3.26. The van der Waals surface area contributed by atoms with E-state index in [0.717, 1.165) is 21.5 Å². The molecule has 0 aliphatic heterocycles. The molecule has 0 saturated carbocycles. The second kappa shape index (κ2) is 7.16. The zero-order valence-electron chi connectivity index (χ0n) is 14.9. The lowest BCUT2D eigenvalue weighted by atomic mass is 10.1. The highest BCUT2D eigenvalue weighted by Gasteiger charge is 2.17. The van der Waals surface area contributed by atoms with Crippen LogP contribution in [0.5, 0.6) is 6.01 Å². The van der Waals surface area contributed by atoms with Gasteiger partial charge >= 0.3 is 6.01 Å². The van der Waals surface area contributed by atoms with E-state index in [-0.39, 0.29) is 18.0 Å². The Labute approximate surface area is 160 Å². The molecular weight excluding hydrogens is 360 g/mol. The summed E-state index contributed by atoms with van der Waals surface area (Å²) >= 11 is 1.56. The van der Waals surface area contributed by atoms with E-state index in [2.05, 4.69) is 32.2 Å². The first-order valence-electron chi connectivity index (χ1n) is 8.43. The SMILES string of the molecule is C[C@@H](c1ccccc1)N(C)c1nc(O)nc(Nc2ccc3ncsc3c2)n1. The molecule has 0 fully saturated rings. The van der Waals surface area contributed by atoms with Crippen molar-refractivity contribution >= 4 is 39.1 Å². The normalized spacial score (nSPS) is 12.1. The van der Waals surface area contributed by atoms with Crippen LogP contribution in [0.3, 0.4) is 0 Å². The predicted octanol–water partition coefficient (Wildman–Crippen LogP) is 4.13. The first-order chi connectivity index (χ1) is 13.1. The van der Waals surface area contributed by atoms with Gasteiger partial charge in [-0.25, -0.2) is 4.98 Å². The third-order valence-electron chi connectivity index (χ3n) is 4.38. The average Bonchev–Trinajstić information content (AvgIpc) is 3.15. The monoisotopic (exact) mass is 378 g/mol. The van der Waals surface area contributed by atoms with Crippen molar-refractivity contribution in [3.8, 4) is 6.01 Å². The van der Waals surface area contributed by atoms with Crippen molar-refractivity contribution in [3.63, 3.8) is 0 Å². The minimum absolute atomic E-state index is 0.0365. The minimum Gasteiger partial charge on any atom is -0.479 e. The maximum absolute atomic E-state index is 9.98. The molecule has 7 nitrogen and oxygen atoms in total. The number of benzene rings is 2. The molecule has 0 aliphatic carbocycles. The van der Waals surface area contributed by atoms with Crippen molar-refractivity contribution in [1.29, 1.82) is 0 Å². The number of hydrogen-bond acceptors (Lipinski definition) is 8. The topological polar surface area (TPSA) is 87.1 Å². The fourth-order valence-electron chi connectivity index (χ4n) is 2.76. The van der Waals surface area contributed by atoms with Crippen molar-refractivity contribution in [2.45, 2.75) is 13.0 Å². The first-order valence-corrected chi connectivity index (χ1v) is 9.31. The summed E-state index contributed by atoms with van der Waals surface area (Å²) in [5.41, 5.74) is 4.70. The van der Waals surface area contributed by atoms with E-state index in [1.165, 1.54) is 0 Å². The highest BCUT2D eigenvalue weighted by atomic mass is 32.1. The fourth-order valence-corrected chi connectivity index (χ4v) is 3.47. The van der Waals surface area contributed by atoms with Gasteiger partial charge in [0.25, 0.3) is 0 Å². The molecule has 2 heterocycles. The average molecular weight is 378 g/mol. The molecule has 0 aliphatic rings. The smallest absolute Gasteiger partial charge is 0.320 e. The van der Waals surface area contributed by atoms with Crippen molar-refractivity contribution in [1.82, 2.24) is 19.9 Å². The molecule has 2 N–H and O–H groups in total. The number of nitrogens with one attached hydrogen (secondary N) is 1. The molecule has 0 unspecified atom stereocenters. The van der Waals surface area contributed by atoms with Crippen LogP contribution >= 0.6 is 11.3 Å². The Morgan fingerprint density at radius 3 is 2.70 bits per heavy atom. The standard InChI is InChI=1S/C19H18N6OS/c1-12(13-6-4-3-5-7-13)25(2)18-22-17(23-19(26)24-18)21-14-8-9-15-16(10-14)27-11-20-15/h3-12H,1-2H3,(H2,21,22,23,24,26)/t12-/m0/s1. The van der Waals surface area contributed by atoms with Crippen LogP contribution in [0.25, 0.3) is 10.2 Å². The third-order valence-corrected chi connectivity index (χ3v) is 5.17. The lowest BCUT2D eigenvalue weighted by Gasteiger charge is -2.25. The molecule has 2 aromatic heterocycles. The Morgan fingerprint density at radius 2 is 1.89 bits per heavy atom. The molecular formula is C19H18N6OS. The van der Waals surface area contributed by atoms with E-state index >= 15 is 0 Å². The van der Waals surface area contributed by atoms with E-state index < -0.39 is 0 Å². The number of rotatable bonds is 5. The Kier molecular flexibility index (Phi) is 4.55. The van der Waals surface area contributed by atoms with Crippen molar-refractivity contribution < 1.29 is 5.11 Å². The number of aromatic nitrogens is 4. The van der Waals surface area contributed by atoms with E-state index in [4.69, 9.17) is 0 Å². The van der Waals surface area contributed by atoms with Gasteiger partial charge in [0.1, 0.15) is 0 Å². The van der Waals surface area contributed by atoms with Crippen LogP contribution in [-0.4, -0.2) is 32.1 Å². The number of thiazole rings is 1. The summed E-state index contributed by atoms with van der Waals surface area (Å²) < 4.78 is 1.06. The zero-order chi connectivity index (χ0) is 18.8. The van der Waals surface area contributed by atoms with Gasteiger partial charge in [0.2, 0.25) is 11.9 Å². The van der Waals surface area contributed by atoms with Gasteiger partial charge in [0.15, 0.2) is 0 Å². The second-order valence-corrected chi connectivity index (χ2v) is 7.00.